The third kappa shape index (κ3) is 3.70. The molecule has 0 aliphatic carbocycles. The van der Waals surface area contributed by atoms with Gasteiger partial charge in [-0.25, -0.2) is 0 Å². The van der Waals surface area contributed by atoms with Crippen LogP contribution in [0.4, 0.5) is 5.69 Å². The summed E-state index contributed by atoms with van der Waals surface area (Å²) in [5.74, 6) is 0.841. The first kappa shape index (κ1) is 20.2. The maximum Gasteiger partial charge on any atom is 0.247 e. The summed E-state index contributed by atoms with van der Waals surface area (Å²) in [5.41, 5.74) is 2.68. The second kappa shape index (κ2) is 8.71. The lowest BCUT2D eigenvalue weighted by atomic mass is 10.1. The van der Waals surface area contributed by atoms with Crippen LogP contribution in [0.15, 0.2) is 53.7 Å². The smallest absolute Gasteiger partial charge is 0.247 e. The van der Waals surface area contributed by atoms with Crippen LogP contribution < -0.4 is 14.4 Å². The molecule has 0 N–H and O–H groups in total. The number of amides is 1. The van der Waals surface area contributed by atoms with Crippen LogP contribution in [0.3, 0.4) is 0 Å². The van der Waals surface area contributed by atoms with E-state index in [0.717, 1.165) is 17.5 Å². The number of aromatic nitrogens is 3. The molecule has 0 spiro atoms. The van der Waals surface area contributed by atoms with Crippen molar-refractivity contribution in [1.29, 1.82) is 0 Å². The van der Waals surface area contributed by atoms with Crippen molar-refractivity contribution in [1.82, 2.24) is 15.2 Å². The predicted octanol–water partition coefficient (Wildman–Crippen LogP) is 4.49. The maximum absolute atomic E-state index is 12.8. The lowest BCUT2D eigenvalue weighted by Gasteiger charge is -2.30. The molecule has 1 aromatic heterocycles. The second-order valence-corrected chi connectivity index (χ2v) is 7.49. The Balaban J connectivity index is 1.94. The van der Waals surface area contributed by atoms with Gasteiger partial charge in [0, 0.05) is 12.5 Å². The van der Waals surface area contributed by atoms with Crippen LogP contribution in [0.5, 0.6) is 11.6 Å². The molecule has 2 aromatic carbocycles. The summed E-state index contributed by atoms with van der Waals surface area (Å²) in [6.45, 7) is 4.13. The summed E-state index contributed by atoms with van der Waals surface area (Å²) in [6.07, 6.45) is 1.99. The van der Waals surface area contributed by atoms with Crippen molar-refractivity contribution in [2.24, 2.45) is 0 Å². The minimum atomic E-state index is -0.760. The first-order valence-electron chi connectivity index (χ1n) is 9.70. The van der Waals surface area contributed by atoms with Crippen molar-refractivity contribution in [3.8, 4) is 22.9 Å². The highest BCUT2D eigenvalue weighted by Crippen LogP contribution is 2.44. The van der Waals surface area contributed by atoms with E-state index < -0.39 is 6.23 Å². The summed E-state index contributed by atoms with van der Waals surface area (Å²) in [5, 5.41) is 9.03. The molecule has 1 atom stereocenters. The first-order valence-corrected chi connectivity index (χ1v) is 10.9. The van der Waals surface area contributed by atoms with Gasteiger partial charge >= 0.3 is 0 Å². The van der Waals surface area contributed by atoms with Crippen LogP contribution in [0.2, 0.25) is 0 Å². The van der Waals surface area contributed by atoms with Crippen LogP contribution in [0, 0.1) is 0 Å². The number of carbonyl (C=O) groups is 1. The van der Waals surface area contributed by atoms with E-state index in [2.05, 4.69) is 15.2 Å². The molecule has 0 bridgehead atoms. The van der Waals surface area contributed by atoms with Gasteiger partial charge in [0.2, 0.25) is 23.2 Å². The average Bonchev–Trinajstić information content (AvgIpc) is 2.91. The Morgan fingerprint density at radius 2 is 1.93 bits per heavy atom. The lowest BCUT2D eigenvalue weighted by Crippen LogP contribution is -2.36. The van der Waals surface area contributed by atoms with Gasteiger partial charge < -0.3 is 9.47 Å². The lowest BCUT2D eigenvalue weighted by molar-refractivity contribution is -0.118. The Morgan fingerprint density at radius 3 is 2.70 bits per heavy atom. The van der Waals surface area contributed by atoms with E-state index >= 15 is 0 Å². The molecule has 0 fully saturated rings. The number of thioether (sulfide) groups is 1. The molecule has 1 unspecified atom stereocenters. The Kier molecular flexibility index (Phi) is 5.85. The van der Waals surface area contributed by atoms with Gasteiger partial charge in [0.15, 0.2) is 5.69 Å². The molecule has 7 nitrogen and oxygen atoms in total. The van der Waals surface area contributed by atoms with E-state index in [1.54, 1.807) is 4.90 Å². The van der Waals surface area contributed by atoms with E-state index in [9.17, 15) is 4.79 Å². The highest BCUT2D eigenvalue weighted by Gasteiger charge is 2.35. The number of hydrogen-bond donors (Lipinski definition) is 0. The van der Waals surface area contributed by atoms with Crippen molar-refractivity contribution >= 4 is 23.4 Å². The summed E-state index contributed by atoms with van der Waals surface area (Å²) < 4.78 is 12.3. The molecule has 0 radical (unpaired) electrons. The largest absolute Gasteiger partial charge is 0.493 e. The van der Waals surface area contributed by atoms with Crippen molar-refractivity contribution in [3.05, 3.63) is 54.1 Å². The summed E-state index contributed by atoms with van der Waals surface area (Å²) in [4.78, 5) is 19.0. The van der Waals surface area contributed by atoms with Crippen LogP contribution in [0.25, 0.3) is 11.3 Å². The summed E-state index contributed by atoms with van der Waals surface area (Å²) in [7, 11) is 0. The van der Waals surface area contributed by atoms with Crippen molar-refractivity contribution in [2.75, 3.05) is 17.8 Å². The normalized spacial score (nSPS) is 14.9. The van der Waals surface area contributed by atoms with Gasteiger partial charge in [-0.1, -0.05) is 49.0 Å². The van der Waals surface area contributed by atoms with Gasteiger partial charge in [-0.3, -0.25) is 9.69 Å². The first-order chi connectivity index (χ1) is 14.6. The molecule has 2 heterocycles. The standard InChI is InChI=1S/C22H22N4O3S/c1-4-13-28-18-12-8-6-10-16(18)21-26(14(2)27)17-11-7-5-9-15(17)19-20(29-21)23-22(30-3)25-24-19/h5-12,21H,4,13H2,1-3H3. The molecular weight excluding hydrogens is 400 g/mol. The predicted molar refractivity (Wildman–Crippen MR) is 116 cm³/mol. The average molecular weight is 423 g/mol. The number of fused-ring (bicyclic) bond motifs is 3. The molecule has 0 saturated carbocycles. The molecule has 154 valence electrons. The second-order valence-electron chi connectivity index (χ2n) is 6.71. The van der Waals surface area contributed by atoms with Gasteiger partial charge in [0.25, 0.3) is 0 Å². The number of carbonyl (C=O) groups excluding carboxylic acids is 1. The molecule has 1 amide bonds. The van der Waals surface area contributed by atoms with E-state index in [1.807, 2.05) is 61.7 Å². The minimum absolute atomic E-state index is 0.163. The number of hydrogen-bond acceptors (Lipinski definition) is 7. The van der Waals surface area contributed by atoms with E-state index in [0.29, 0.717) is 34.8 Å². The fraction of sp³-hybridized carbons (Fsp3) is 0.273. The van der Waals surface area contributed by atoms with Gasteiger partial charge in [-0.15, -0.1) is 10.2 Å². The maximum atomic E-state index is 12.8. The van der Waals surface area contributed by atoms with Crippen molar-refractivity contribution in [3.63, 3.8) is 0 Å². The fourth-order valence-corrected chi connectivity index (χ4v) is 3.67. The molecule has 30 heavy (non-hydrogen) atoms. The SMILES string of the molecule is CCCOc1ccccc1C1Oc2nc(SC)nnc2-c2ccccc2N1C(C)=O. The number of para-hydroxylation sites is 2. The van der Waals surface area contributed by atoms with E-state index in [1.165, 1.54) is 18.7 Å². The highest BCUT2D eigenvalue weighted by atomic mass is 32.2. The summed E-state index contributed by atoms with van der Waals surface area (Å²) in [6, 6.07) is 15.1. The number of ether oxygens (including phenoxy) is 2. The highest BCUT2D eigenvalue weighted by molar-refractivity contribution is 7.98. The third-order valence-corrected chi connectivity index (χ3v) is 5.22. The van der Waals surface area contributed by atoms with Crippen molar-refractivity contribution < 1.29 is 14.3 Å². The molecule has 8 heteroatoms. The molecule has 4 rings (SSSR count). The van der Waals surface area contributed by atoms with Gasteiger partial charge in [0.1, 0.15) is 5.75 Å². The van der Waals surface area contributed by atoms with Crippen molar-refractivity contribution in [2.45, 2.75) is 31.7 Å². The molecule has 1 aliphatic rings. The zero-order valence-electron chi connectivity index (χ0n) is 17.0. The Bertz CT molecular complexity index is 1080. The topological polar surface area (TPSA) is 77.4 Å². The molecule has 1 aliphatic heterocycles. The Morgan fingerprint density at radius 1 is 1.17 bits per heavy atom. The monoisotopic (exact) mass is 422 g/mol. The van der Waals surface area contributed by atoms with E-state index in [-0.39, 0.29) is 5.91 Å². The van der Waals surface area contributed by atoms with Gasteiger partial charge in [0.05, 0.1) is 17.9 Å². The van der Waals surface area contributed by atoms with Gasteiger partial charge in [-0.05, 0) is 30.9 Å². The van der Waals surface area contributed by atoms with E-state index in [4.69, 9.17) is 9.47 Å². The van der Waals surface area contributed by atoms with Crippen LogP contribution in [-0.2, 0) is 4.79 Å². The quantitative estimate of drug-likeness (QED) is 0.561. The molecule has 3 aromatic rings. The minimum Gasteiger partial charge on any atom is -0.493 e. The zero-order valence-corrected chi connectivity index (χ0v) is 17.8. The van der Waals surface area contributed by atoms with Crippen LogP contribution >= 0.6 is 11.8 Å². The molecule has 0 saturated heterocycles. The Hall–Kier alpha value is -3.13. The Labute approximate surface area is 179 Å². The van der Waals surface area contributed by atoms with Crippen LogP contribution in [-0.4, -0.2) is 34.0 Å². The number of anilines is 1. The number of rotatable bonds is 5. The van der Waals surface area contributed by atoms with Crippen LogP contribution in [0.1, 0.15) is 32.1 Å². The summed E-state index contributed by atoms with van der Waals surface area (Å²) >= 11 is 1.38. The third-order valence-electron chi connectivity index (χ3n) is 4.68. The van der Waals surface area contributed by atoms with Gasteiger partial charge in [-0.2, -0.15) is 4.98 Å². The zero-order chi connectivity index (χ0) is 21.1. The number of nitrogens with zero attached hydrogens (tertiary/aromatic N) is 4. The fourth-order valence-electron chi connectivity index (χ4n) is 3.37. The molecular formula is C22H22N4O3S. The number of benzene rings is 2.